The van der Waals surface area contributed by atoms with E-state index in [-0.39, 0.29) is 5.91 Å². The fourth-order valence-electron chi connectivity index (χ4n) is 2.16. The first kappa shape index (κ1) is 16.2. The van der Waals surface area contributed by atoms with Gasteiger partial charge in [-0.1, -0.05) is 11.2 Å². The maximum absolute atomic E-state index is 11.8. The predicted octanol–water partition coefficient (Wildman–Crippen LogP) is 2.84. The van der Waals surface area contributed by atoms with Crippen molar-refractivity contribution in [2.45, 2.75) is 6.42 Å². The van der Waals surface area contributed by atoms with Crippen molar-refractivity contribution < 1.29 is 9.32 Å². The summed E-state index contributed by atoms with van der Waals surface area (Å²) < 4.78 is 5.25. The van der Waals surface area contributed by atoms with Gasteiger partial charge in [-0.15, -0.1) is 11.3 Å². The highest BCUT2D eigenvalue weighted by Gasteiger charge is 2.10. The maximum Gasteiger partial charge on any atom is 0.261 e. The fourth-order valence-corrected chi connectivity index (χ4v) is 2.80. The Morgan fingerprint density at radius 1 is 1.25 bits per heavy atom. The van der Waals surface area contributed by atoms with Crippen LogP contribution in [-0.4, -0.2) is 36.7 Å². The van der Waals surface area contributed by atoms with Crippen LogP contribution in [0.3, 0.4) is 0 Å². The number of hydrogen-bond donors (Lipinski definition) is 1. The van der Waals surface area contributed by atoms with E-state index in [0.29, 0.717) is 29.6 Å². The molecule has 1 N–H and O–H groups in total. The van der Waals surface area contributed by atoms with Crippen LogP contribution in [0.4, 0.5) is 5.69 Å². The Hall–Kier alpha value is -2.67. The molecule has 124 valence electrons. The van der Waals surface area contributed by atoms with E-state index in [9.17, 15) is 4.79 Å². The third kappa shape index (κ3) is 3.80. The zero-order valence-electron chi connectivity index (χ0n) is 13.5. The average molecular weight is 342 g/mol. The smallest absolute Gasteiger partial charge is 0.261 e. The van der Waals surface area contributed by atoms with E-state index in [1.807, 2.05) is 54.7 Å². The van der Waals surface area contributed by atoms with Gasteiger partial charge in [-0.3, -0.25) is 4.79 Å². The summed E-state index contributed by atoms with van der Waals surface area (Å²) in [6.45, 7) is 0.456. The molecular formula is C17H18N4O2S. The second kappa shape index (κ2) is 7.27. The monoisotopic (exact) mass is 342 g/mol. The maximum atomic E-state index is 11.8. The summed E-state index contributed by atoms with van der Waals surface area (Å²) >= 11 is 1.41. The molecule has 1 amide bonds. The Labute approximate surface area is 144 Å². The molecule has 0 bridgehead atoms. The lowest BCUT2D eigenvalue weighted by Gasteiger charge is -2.11. The molecule has 0 aliphatic rings. The van der Waals surface area contributed by atoms with Crippen molar-refractivity contribution in [2.24, 2.45) is 0 Å². The minimum absolute atomic E-state index is 0.0796. The van der Waals surface area contributed by atoms with Crippen LogP contribution in [-0.2, 0) is 6.42 Å². The molecule has 24 heavy (non-hydrogen) atoms. The number of nitrogens with zero attached hydrogens (tertiary/aromatic N) is 3. The van der Waals surface area contributed by atoms with E-state index < -0.39 is 0 Å². The fraction of sp³-hybridized carbons (Fsp3) is 0.235. The molecule has 0 saturated heterocycles. The Balaban J connectivity index is 1.56. The molecule has 0 atom stereocenters. The minimum atomic E-state index is -0.0796. The van der Waals surface area contributed by atoms with Crippen LogP contribution in [0.5, 0.6) is 0 Å². The molecule has 0 aliphatic heterocycles. The number of hydrogen-bond acceptors (Lipinski definition) is 6. The summed E-state index contributed by atoms with van der Waals surface area (Å²) in [6, 6.07) is 11.6. The number of benzene rings is 1. The van der Waals surface area contributed by atoms with Gasteiger partial charge in [0, 0.05) is 38.3 Å². The Morgan fingerprint density at radius 3 is 2.71 bits per heavy atom. The standard InChI is InChI=1S/C17H18N4O2S/c1-21(2)13-7-5-12(6-8-13)16-19-15(23-20-16)9-10-18-17(22)14-4-3-11-24-14/h3-8,11H,9-10H2,1-2H3,(H,18,22). The normalized spacial score (nSPS) is 10.6. The zero-order valence-corrected chi connectivity index (χ0v) is 14.3. The van der Waals surface area contributed by atoms with Crippen LogP contribution in [0, 0.1) is 0 Å². The van der Waals surface area contributed by atoms with Crippen molar-refractivity contribution in [1.82, 2.24) is 15.5 Å². The molecule has 6 nitrogen and oxygen atoms in total. The van der Waals surface area contributed by atoms with Gasteiger partial charge in [-0.25, -0.2) is 0 Å². The van der Waals surface area contributed by atoms with Gasteiger partial charge in [0.15, 0.2) is 0 Å². The third-order valence-corrected chi connectivity index (χ3v) is 4.35. The summed E-state index contributed by atoms with van der Waals surface area (Å²) in [5.41, 5.74) is 2.01. The predicted molar refractivity (Wildman–Crippen MR) is 94.4 cm³/mol. The molecule has 0 radical (unpaired) electrons. The molecule has 7 heteroatoms. The van der Waals surface area contributed by atoms with Gasteiger partial charge >= 0.3 is 0 Å². The lowest BCUT2D eigenvalue weighted by atomic mass is 10.2. The molecule has 0 saturated carbocycles. The average Bonchev–Trinajstić information content (AvgIpc) is 3.27. The summed E-state index contributed by atoms with van der Waals surface area (Å²) in [4.78, 5) is 18.9. The van der Waals surface area contributed by atoms with Crippen molar-refractivity contribution >= 4 is 22.9 Å². The number of nitrogens with one attached hydrogen (secondary N) is 1. The van der Waals surface area contributed by atoms with E-state index in [0.717, 1.165) is 11.3 Å². The topological polar surface area (TPSA) is 71.3 Å². The first-order valence-electron chi connectivity index (χ1n) is 7.55. The quantitative estimate of drug-likeness (QED) is 0.746. The number of carbonyl (C=O) groups excluding carboxylic acids is 1. The van der Waals surface area contributed by atoms with Gasteiger partial charge < -0.3 is 14.7 Å². The van der Waals surface area contributed by atoms with Crippen molar-refractivity contribution in [3.05, 3.63) is 52.5 Å². The van der Waals surface area contributed by atoms with E-state index in [1.54, 1.807) is 6.07 Å². The Morgan fingerprint density at radius 2 is 2.04 bits per heavy atom. The molecule has 0 fully saturated rings. The third-order valence-electron chi connectivity index (χ3n) is 3.48. The highest BCUT2D eigenvalue weighted by molar-refractivity contribution is 7.12. The summed E-state index contributed by atoms with van der Waals surface area (Å²) in [7, 11) is 3.98. The van der Waals surface area contributed by atoms with Crippen LogP contribution >= 0.6 is 11.3 Å². The lowest BCUT2D eigenvalue weighted by molar-refractivity contribution is 0.0957. The number of aromatic nitrogens is 2. The number of rotatable bonds is 6. The summed E-state index contributed by atoms with van der Waals surface area (Å²) in [5.74, 6) is 0.983. The highest BCUT2D eigenvalue weighted by Crippen LogP contribution is 2.20. The number of anilines is 1. The van der Waals surface area contributed by atoms with Crippen molar-refractivity contribution in [3.63, 3.8) is 0 Å². The lowest BCUT2D eigenvalue weighted by Crippen LogP contribution is -2.24. The molecule has 2 heterocycles. The highest BCUT2D eigenvalue weighted by atomic mass is 32.1. The van der Waals surface area contributed by atoms with Crippen LogP contribution in [0.1, 0.15) is 15.6 Å². The minimum Gasteiger partial charge on any atom is -0.378 e. The van der Waals surface area contributed by atoms with Crippen LogP contribution in [0.15, 0.2) is 46.3 Å². The van der Waals surface area contributed by atoms with E-state index >= 15 is 0 Å². The van der Waals surface area contributed by atoms with E-state index in [4.69, 9.17) is 4.52 Å². The molecule has 3 rings (SSSR count). The second-order valence-corrected chi connectivity index (χ2v) is 6.38. The molecule has 0 aliphatic carbocycles. The first-order chi connectivity index (χ1) is 11.6. The SMILES string of the molecule is CN(C)c1ccc(-c2noc(CCNC(=O)c3cccs3)n2)cc1. The van der Waals surface area contributed by atoms with E-state index in [1.165, 1.54) is 11.3 Å². The van der Waals surface area contributed by atoms with E-state index in [2.05, 4.69) is 15.5 Å². The largest absolute Gasteiger partial charge is 0.378 e. The number of amides is 1. The number of carbonyl (C=O) groups is 1. The van der Waals surface area contributed by atoms with Crippen LogP contribution in [0.25, 0.3) is 11.4 Å². The van der Waals surface area contributed by atoms with Gasteiger partial charge in [-0.05, 0) is 35.7 Å². The molecule has 1 aromatic carbocycles. The second-order valence-electron chi connectivity index (χ2n) is 5.44. The van der Waals surface area contributed by atoms with Gasteiger partial charge in [0.1, 0.15) is 0 Å². The van der Waals surface area contributed by atoms with Crippen molar-refractivity contribution in [2.75, 3.05) is 25.5 Å². The Kier molecular flexibility index (Phi) is 4.90. The summed E-state index contributed by atoms with van der Waals surface area (Å²) in [6.07, 6.45) is 0.500. The van der Waals surface area contributed by atoms with Crippen molar-refractivity contribution in [3.8, 4) is 11.4 Å². The zero-order chi connectivity index (χ0) is 16.9. The van der Waals surface area contributed by atoms with Crippen molar-refractivity contribution in [1.29, 1.82) is 0 Å². The van der Waals surface area contributed by atoms with Gasteiger partial charge in [0.2, 0.25) is 11.7 Å². The molecule has 0 unspecified atom stereocenters. The van der Waals surface area contributed by atoms with Gasteiger partial charge in [0.05, 0.1) is 4.88 Å². The summed E-state index contributed by atoms with van der Waals surface area (Å²) in [5, 5.41) is 8.71. The number of thiophene rings is 1. The Bertz CT molecular complexity index is 794. The molecule has 0 spiro atoms. The van der Waals surface area contributed by atoms with Gasteiger partial charge in [0.25, 0.3) is 5.91 Å². The van der Waals surface area contributed by atoms with Gasteiger partial charge in [-0.2, -0.15) is 4.98 Å². The first-order valence-corrected chi connectivity index (χ1v) is 8.43. The van der Waals surface area contributed by atoms with Crippen LogP contribution in [0.2, 0.25) is 0 Å². The molecule has 2 aromatic heterocycles. The molecular weight excluding hydrogens is 324 g/mol. The van der Waals surface area contributed by atoms with Crippen LogP contribution < -0.4 is 10.2 Å². The molecule has 3 aromatic rings.